The summed E-state index contributed by atoms with van der Waals surface area (Å²) in [6.45, 7) is 0.659. The number of nitrogens with two attached hydrogens (primary N) is 1. The van der Waals surface area contributed by atoms with Crippen LogP contribution in [0.25, 0.3) is 0 Å². The van der Waals surface area contributed by atoms with Crippen LogP contribution in [0.4, 0.5) is 0 Å². The van der Waals surface area contributed by atoms with Gasteiger partial charge < -0.3 is 10.5 Å². The average molecular weight is 317 g/mol. The zero-order valence-electron chi connectivity index (χ0n) is 10.00. The minimum Gasteiger partial charge on any atom is -0.488 e. The third kappa shape index (κ3) is 3.54. The maximum atomic E-state index is 6.09. The summed E-state index contributed by atoms with van der Waals surface area (Å²) in [5, 5.41) is 1.77. The van der Waals surface area contributed by atoms with Gasteiger partial charge in [0.15, 0.2) is 0 Å². The van der Waals surface area contributed by atoms with E-state index in [-0.39, 0.29) is 0 Å². The highest BCUT2D eigenvalue weighted by molar-refractivity contribution is 6.35. The van der Waals surface area contributed by atoms with Crippen LogP contribution in [0.2, 0.25) is 15.1 Å². The van der Waals surface area contributed by atoms with Crippen molar-refractivity contribution >= 4 is 34.8 Å². The Balaban J connectivity index is 2.17. The smallest absolute Gasteiger partial charge is 0.125 e. The SMILES string of the molecule is NCc1c(Cl)cccc1OCc1ccc(Cl)cc1Cl. The number of hydrogen-bond acceptors (Lipinski definition) is 2. The molecule has 0 aliphatic heterocycles. The van der Waals surface area contributed by atoms with Gasteiger partial charge >= 0.3 is 0 Å². The second kappa shape index (κ2) is 6.49. The van der Waals surface area contributed by atoms with E-state index in [0.29, 0.717) is 34.0 Å². The Morgan fingerprint density at radius 3 is 2.47 bits per heavy atom. The molecular formula is C14H12Cl3NO. The van der Waals surface area contributed by atoms with Gasteiger partial charge in [-0.3, -0.25) is 0 Å². The summed E-state index contributed by atoms with van der Waals surface area (Å²) in [6.07, 6.45) is 0. The molecule has 0 spiro atoms. The summed E-state index contributed by atoms with van der Waals surface area (Å²) in [6, 6.07) is 10.7. The van der Waals surface area contributed by atoms with Crippen molar-refractivity contribution in [2.75, 3.05) is 0 Å². The first kappa shape index (κ1) is 14.5. The largest absolute Gasteiger partial charge is 0.488 e. The Labute approximate surface area is 127 Å². The summed E-state index contributed by atoms with van der Waals surface area (Å²) in [5.41, 5.74) is 7.30. The zero-order valence-corrected chi connectivity index (χ0v) is 12.3. The average Bonchev–Trinajstić information content (AvgIpc) is 2.38. The molecule has 0 unspecified atom stereocenters. The molecule has 2 aromatic carbocycles. The number of hydrogen-bond donors (Lipinski definition) is 1. The lowest BCUT2D eigenvalue weighted by atomic mass is 10.2. The quantitative estimate of drug-likeness (QED) is 0.888. The second-order valence-corrected chi connectivity index (χ2v) is 5.20. The first-order valence-corrected chi connectivity index (χ1v) is 6.79. The van der Waals surface area contributed by atoms with Gasteiger partial charge in [0.25, 0.3) is 0 Å². The number of halogens is 3. The lowest BCUT2D eigenvalue weighted by Crippen LogP contribution is -2.03. The van der Waals surface area contributed by atoms with Crippen molar-refractivity contribution in [1.82, 2.24) is 0 Å². The fraction of sp³-hybridized carbons (Fsp3) is 0.143. The molecule has 2 aromatic rings. The van der Waals surface area contributed by atoms with Crippen molar-refractivity contribution in [3.8, 4) is 5.75 Å². The molecule has 0 aliphatic rings. The van der Waals surface area contributed by atoms with Crippen LogP contribution in [0, 0.1) is 0 Å². The highest BCUT2D eigenvalue weighted by Crippen LogP contribution is 2.28. The molecule has 2 rings (SSSR count). The van der Waals surface area contributed by atoms with Gasteiger partial charge in [-0.05, 0) is 24.3 Å². The van der Waals surface area contributed by atoms with Gasteiger partial charge in [0.05, 0.1) is 0 Å². The molecule has 0 radical (unpaired) electrons. The van der Waals surface area contributed by atoms with Crippen molar-refractivity contribution in [2.45, 2.75) is 13.2 Å². The zero-order chi connectivity index (χ0) is 13.8. The molecule has 0 fully saturated rings. The van der Waals surface area contributed by atoms with E-state index in [4.69, 9.17) is 45.3 Å². The predicted octanol–water partition coefficient (Wildman–Crippen LogP) is 4.68. The van der Waals surface area contributed by atoms with Crippen molar-refractivity contribution in [3.05, 3.63) is 62.6 Å². The molecule has 0 saturated carbocycles. The van der Waals surface area contributed by atoms with Gasteiger partial charge in [-0.25, -0.2) is 0 Å². The van der Waals surface area contributed by atoms with Crippen molar-refractivity contribution in [2.24, 2.45) is 5.73 Å². The van der Waals surface area contributed by atoms with E-state index in [1.54, 1.807) is 18.2 Å². The molecule has 0 aliphatic carbocycles. The van der Waals surface area contributed by atoms with Crippen molar-refractivity contribution in [3.63, 3.8) is 0 Å². The van der Waals surface area contributed by atoms with E-state index >= 15 is 0 Å². The van der Waals surface area contributed by atoms with Crippen LogP contribution in [-0.4, -0.2) is 0 Å². The first-order chi connectivity index (χ1) is 9.11. The Bertz CT molecular complexity index is 587. The highest BCUT2D eigenvalue weighted by atomic mass is 35.5. The van der Waals surface area contributed by atoms with E-state index in [2.05, 4.69) is 0 Å². The predicted molar refractivity (Wildman–Crippen MR) is 80.1 cm³/mol. The van der Waals surface area contributed by atoms with Crippen LogP contribution in [0.1, 0.15) is 11.1 Å². The van der Waals surface area contributed by atoms with Gasteiger partial charge in [0, 0.05) is 32.7 Å². The van der Waals surface area contributed by atoms with Gasteiger partial charge in [0.2, 0.25) is 0 Å². The van der Waals surface area contributed by atoms with Crippen molar-refractivity contribution in [1.29, 1.82) is 0 Å². The highest BCUT2D eigenvalue weighted by Gasteiger charge is 2.08. The van der Waals surface area contributed by atoms with Crippen LogP contribution < -0.4 is 10.5 Å². The number of benzene rings is 2. The molecule has 19 heavy (non-hydrogen) atoms. The third-order valence-corrected chi connectivity index (χ3v) is 3.62. The maximum Gasteiger partial charge on any atom is 0.125 e. The van der Waals surface area contributed by atoms with Gasteiger partial charge in [-0.15, -0.1) is 0 Å². The summed E-state index contributed by atoms with van der Waals surface area (Å²) in [4.78, 5) is 0. The molecule has 0 heterocycles. The lowest BCUT2D eigenvalue weighted by molar-refractivity contribution is 0.303. The lowest BCUT2D eigenvalue weighted by Gasteiger charge is -2.12. The fourth-order valence-corrected chi connectivity index (χ4v) is 2.37. The van der Waals surface area contributed by atoms with E-state index < -0.39 is 0 Å². The van der Waals surface area contributed by atoms with Crippen LogP contribution in [0.3, 0.4) is 0 Å². The van der Waals surface area contributed by atoms with Crippen LogP contribution in [-0.2, 0) is 13.2 Å². The molecule has 0 amide bonds. The number of rotatable bonds is 4. The monoisotopic (exact) mass is 315 g/mol. The molecule has 0 bridgehead atoms. The Kier molecular flexibility index (Phi) is 4.94. The van der Waals surface area contributed by atoms with Crippen LogP contribution in [0.15, 0.2) is 36.4 Å². The first-order valence-electron chi connectivity index (χ1n) is 5.66. The molecule has 2 N–H and O–H groups in total. The van der Waals surface area contributed by atoms with Gasteiger partial charge in [-0.1, -0.05) is 46.9 Å². The van der Waals surface area contributed by atoms with Crippen LogP contribution in [0.5, 0.6) is 5.75 Å². The summed E-state index contributed by atoms with van der Waals surface area (Å²) in [7, 11) is 0. The third-order valence-electron chi connectivity index (χ3n) is 2.68. The van der Waals surface area contributed by atoms with Gasteiger partial charge in [-0.2, -0.15) is 0 Å². The van der Waals surface area contributed by atoms with Crippen molar-refractivity contribution < 1.29 is 4.74 Å². The summed E-state index contributed by atoms with van der Waals surface area (Å²) in [5.74, 6) is 0.668. The fourth-order valence-electron chi connectivity index (χ4n) is 1.67. The van der Waals surface area contributed by atoms with E-state index in [9.17, 15) is 0 Å². The van der Waals surface area contributed by atoms with Crippen LogP contribution >= 0.6 is 34.8 Å². The van der Waals surface area contributed by atoms with E-state index in [0.717, 1.165) is 11.1 Å². The molecular weight excluding hydrogens is 305 g/mol. The molecule has 0 aromatic heterocycles. The Hall–Kier alpha value is -0.930. The summed E-state index contributed by atoms with van der Waals surface area (Å²) < 4.78 is 5.72. The topological polar surface area (TPSA) is 35.2 Å². The molecule has 5 heteroatoms. The van der Waals surface area contributed by atoms with E-state index in [1.807, 2.05) is 18.2 Å². The molecule has 2 nitrogen and oxygen atoms in total. The maximum absolute atomic E-state index is 6.09. The minimum absolute atomic E-state index is 0.323. The molecule has 0 saturated heterocycles. The normalized spacial score (nSPS) is 10.5. The van der Waals surface area contributed by atoms with E-state index in [1.165, 1.54) is 0 Å². The molecule has 0 atom stereocenters. The Morgan fingerprint density at radius 1 is 1.00 bits per heavy atom. The number of ether oxygens (including phenoxy) is 1. The van der Waals surface area contributed by atoms with Gasteiger partial charge in [0.1, 0.15) is 12.4 Å². The second-order valence-electron chi connectivity index (χ2n) is 3.95. The summed E-state index contributed by atoms with van der Waals surface area (Å²) >= 11 is 18.0. The molecule has 100 valence electrons. The minimum atomic E-state index is 0.323. The standard InChI is InChI=1S/C14H12Cl3NO/c15-10-5-4-9(13(17)6-10)8-19-14-3-1-2-12(16)11(14)7-18/h1-6H,7-8,18H2. The Morgan fingerprint density at radius 2 is 1.79 bits per heavy atom.